The van der Waals surface area contributed by atoms with Gasteiger partial charge in [0.1, 0.15) is 0 Å². The maximum absolute atomic E-state index is 12.7. The monoisotopic (exact) mass is 328 g/mol. The van der Waals surface area contributed by atoms with E-state index < -0.39 is 5.97 Å². The third kappa shape index (κ3) is 3.97. The van der Waals surface area contributed by atoms with Gasteiger partial charge < -0.3 is 14.7 Å². The van der Waals surface area contributed by atoms with Crippen molar-refractivity contribution in [1.29, 1.82) is 0 Å². The average molecular weight is 328 g/mol. The summed E-state index contributed by atoms with van der Waals surface area (Å²) in [5.74, 6) is -0.828. The van der Waals surface area contributed by atoms with Crippen LogP contribution in [0.15, 0.2) is 48.8 Å². The van der Waals surface area contributed by atoms with Crippen molar-refractivity contribution in [2.75, 3.05) is 20.8 Å². The van der Waals surface area contributed by atoms with Gasteiger partial charge in [-0.3, -0.25) is 9.78 Å². The number of amides is 1. The van der Waals surface area contributed by atoms with Crippen molar-refractivity contribution in [3.63, 3.8) is 0 Å². The van der Waals surface area contributed by atoms with Crippen LogP contribution in [0.25, 0.3) is 0 Å². The number of aliphatic hydroxyl groups is 1. The van der Waals surface area contributed by atoms with Gasteiger partial charge in [-0.25, -0.2) is 4.79 Å². The maximum atomic E-state index is 12.7. The van der Waals surface area contributed by atoms with Crippen LogP contribution in [0.4, 0.5) is 0 Å². The number of pyridine rings is 1. The molecule has 1 aromatic heterocycles. The zero-order valence-corrected chi connectivity index (χ0v) is 13.7. The molecule has 0 aliphatic rings. The van der Waals surface area contributed by atoms with E-state index in [4.69, 9.17) is 0 Å². The summed E-state index contributed by atoms with van der Waals surface area (Å²) in [7, 11) is 2.94. The normalized spacial score (nSPS) is 11.6. The predicted molar refractivity (Wildman–Crippen MR) is 88.6 cm³/mol. The highest BCUT2D eigenvalue weighted by atomic mass is 16.5. The number of nitrogens with zero attached hydrogens (tertiary/aromatic N) is 2. The van der Waals surface area contributed by atoms with Crippen molar-refractivity contribution in [1.82, 2.24) is 9.88 Å². The first kappa shape index (κ1) is 17.6. The number of benzene rings is 1. The molecule has 0 spiro atoms. The Morgan fingerprint density at radius 1 is 1.21 bits per heavy atom. The molecule has 1 aromatic carbocycles. The van der Waals surface area contributed by atoms with Crippen LogP contribution in [0, 0.1) is 0 Å². The van der Waals surface area contributed by atoms with Gasteiger partial charge in [0, 0.05) is 26.0 Å². The molecule has 1 unspecified atom stereocenters. The van der Waals surface area contributed by atoms with Crippen LogP contribution in [0.3, 0.4) is 0 Å². The van der Waals surface area contributed by atoms with E-state index in [0.717, 1.165) is 5.56 Å². The minimum Gasteiger partial charge on any atom is -0.465 e. The average Bonchev–Trinajstić information content (AvgIpc) is 2.65. The van der Waals surface area contributed by atoms with Crippen molar-refractivity contribution < 1.29 is 19.4 Å². The van der Waals surface area contributed by atoms with Crippen molar-refractivity contribution >= 4 is 11.9 Å². The standard InChI is InChI=1S/C18H20N2O4/c1-20(16(8-9-21)13-6-4-3-5-7-13)17(22)14-10-15(12-19-11-14)18(23)24-2/h3-7,10-12,16,21H,8-9H2,1-2H3. The van der Waals surface area contributed by atoms with E-state index in [1.807, 2.05) is 30.3 Å². The third-order valence-corrected chi connectivity index (χ3v) is 3.78. The van der Waals surface area contributed by atoms with Gasteiger partial charge in [-0.05, 0) is 18.1 Å². The predicted octanol–water partition coefficient (Wildman–Crippen LogP) is 2.06. The Hall–Kier alpha value is -2.73. The van der Waals surface area contributed by atoms with Gasteiger partial charge in [-0.15, -0.1) is 0 Å². The number of methoxy groups -OCH3 is 1. The minimum atomic E-state index is -0.547. The van der Waals surface area contributed by atoms with Crippen molar-refractivity contribution in [3.05, 3.63) is 65.5 Å². The molecule has 1 amide bonds. The number of hydrogen-bond donors (Lipinski definition) is 1. The highest BCUT2D eigenvalue weighted by Gasteiger charge is 2.23. The molecular formula is C18H20N2O4. The summed E-state index contributed by atoms with van der Waals surface area (Å²) in [6, 6.07) is 10.7. The van der Waals surface area contributed by atoms with Gasteiger partial charge in [-0.2, -0.15) is 0 Å². The van der Waals surface area contributed by atoms with Crippen molar-refractivity contribution in [3.8, 4) is 0 Å². The fraction of sp³-hybridized carbons (Fsp3) is 0.278. The van der Waals surface area contributed by atoms with Crippen LogP contribution < -0.4 is 0 Å². The first-order valence-electron chi connectivity index (χ1n) is 7.54. The van der Waals surface area contributed by atoms with E-state index in [-0.39, 0.29) is 24.1 Å². The zero-order valence-electron chi connectivity index (χ0n) is 13.7. The molecule has 1 heterocycles. The quantitative estimate of drug-likeness (QED) is 0.821. The first-order chi connectivity index (χ1) is 11.6. The van der Waals surface area contributed by atoms with E-state index in [1.54, 1.807) is 11.9 Å². The minimum absolute atomic E-state index is 0.0440. The number of rotatable bonds is 6. The smallest absolute Gasteiger partial charge is 0.339 e. The van der Waals surface area contributed by atoms with Gasteiger partial charge in [0.05, 0.1) is 24.3 Å². The Labute approximate surface area is 140 Å². The maximum Gasteiger partial charge on any atom is 0.339 e. The number of hydrogen-bond acceptors (Lipinski definition) is 5. The molecule has 6 nitrogen and oxygen atoms in total. The number of aliphatic hydroxyl groups excluding tert-OH is 1. The van der Waals surface area contributed by atoms with E-state index >= 15 is 0 Å². The van der Waals surface area contributed by atoms with E-state index in [0.29, 0.717) is 12.0 Å². The SMILES string of the molecule is COC(=O)c1cncc(C(=O)N(C)C(CCO)c2ccccc2)c1. The van der Waals surface area contributed by atoms with E-state index in [9.17, 15) is 14.7 Å². The molecule has 6 heteroatoms. The number of ether oxygens (including phenoxy) is 1. The van der Waals surface area contributed by atoms with E-state index in [2.05, 4.69) is 9.72 Å². The van der Waals surface area contributed by atoms with Gasteiger partial charge in [0.2, 0.25) is 0 Å². The highest BCUT2D eigenvalue weighted by Crippen LogP contribution is 2.24. The molecule has 0 saturated heterocycles. The molecule has 1 N–H and O–H groups in total. The Morgan fingerprint density at radius 3 is 2.50 bits per heavy atom. The van der Waals surface area contributed by atoms with Gasteiger partial charge in [0.25, 0.3) is 5.91 Å². The fourth-order valence-corrected chi connectivity index (χ4v) is 2.51. The lowest BCUT2D eigenvalue weighted by molar-refractivity contribution is 0.0600. The molecule has 2 rings (SSSR count). The van der Waals surface area contributed by atoms with Crippen LogP contribution in [0.1, 0.15) is 38.7 Å². The Kier molecular flexibility index (Phi) is 6.03. The summed E-state index contributed by atoms with van der Waals surface area (Å²) in [6.07, 6.45) is 3.17. The zero-order chi connectivity index (χ0) is 17.5. The Bertz CT molecular complexity index is 703. The van der Waals surface area contributed by atoms with Crippen molar-refractivity contribution in [2.24, 2.45) is 0 Å². The fourth-order valence-electron chi connectivity index (χ4n) is 2.51. The largest absolute Gasteiger partial charge is 0.465 e. The Morgan fingerprint density at radius 2 is 1.88 bits per heavy atom. The summed E-state index contributed by atoms with van der Waals surface area (Å²) in [6.45, 7) is -0.0440. The molecule has 0 bridgehead atoms. The van der Waals surface area contributed by atoms with E-state index in [1.165, 1.54) is 25.6 Å². The summed E-state index contributed by atoms with van der Waals surface area (Å²) in [5.41, 5.74) is 1.44. The second-order valence-corrected chi connectivity index (χ2v) is 5.31. The molecule has 0 aliphatic carbocycles. The molecule has 0 radical (unpaired) electrons. The highest BCUT2D eigenvalue weighted by molar-refractivity contribution is 5.97. The van der Waals surface area contributed by atoms with Gasteiger partial charge in [0.15, 0.2) is 0 Å². The van der Waals surface area contributed by atoms with Gasteiger partial charge in [-0.1, -0.05) is 30.3 Å². The van der Waals surface area contributed by atoms with Crippen LogP contribution >= 0.6 is 0 Å². The lowest BCUT2D eigenvalue weighted by atomic mass is 10.0. The molecule has 1 atom stereocenters. The molecule has 0 saturated carbocycles. The molecular weight excluding hydrogens is 308 g/mol. The van der Waals surface area contributed by atoms with Crippen molar-refractivity contribution in [2.45, 2.75) is 12.5 Å². The second-order valence-electron chi connectivity index (χ2n) is 5.31. The second kappa shape index (κ2) is 8.21. The number of carbonyl (C=O) groups is 2. The topological polar surface area (TPSA) is 79.7 Å². The number of esters is 1. The summed E-state index contributed by atoms with van der Waals surface area (Å²) in [4.78, 5) is 29.8. The van der Waals surface area contributed by atoms with Crippen LogP contribution in [-0.2, 0) is 4.74 Å². The first-order valence-corrected chi connectivity index (χ1v) is 7.54. The molecule has 0 fully saturated rings. The summed E-state index contributed by atoms with van der Waals surface area (Å²) >= 11 is 0. The summed E-state index contributed by atoms with van der Waals surface area (Å²) in [5, 5.41) is 9.34. The molecule has 126 valence electrons. The van der Waals surface area contributed by atoms with Crippen LogP contribution in [0.5, 0.6) is 0 Å². The number of aromatic nitrogens is 1. The lowest BCUT2D eigenvalue weighted by Crippen LogP contribution is -2.32. The number of carbonyl (C=O) groups excluding carboxylic acids is 2. The Balaban J connectivity index is 2.28. The molecule has 2 aromatic rings. The van der Waals surface area contributed by atoms with Gasteiger partial charge >= 0.3 is 5.97 Å². The third-order valence-electron chi connectivity index (χ3n) is 3.78. The lowest BCUT2D eigenvalue weighted by Gasteiger charge is -2.28. The van der Waals surface area contributed by atoms with Crippen LogP contribution in [-0.4, -0.2) is 47.6 Å². The summed E-state index contributed by atoms with van der Waals surface area (Å²) < 4.78 is 4.65. The van der Waals surface area contributed by atoms with Crippen LogP contribution in [0.2, 0.25) is 0 Å². The molecule has 0 aliphatic heterocycles. The molecule has 24 heavy (non-hydrogen) atoms.